The molecule has 0 aromatic heterocycles. The van der Waals surface area contributed by atoms with E-state index in [1.54, 1.807) is 4.90 Å². The minimum absolute atomic E-state index is 0.0994. The van der Waals surface area contributed by atoms with Gasteiger partial charge in [-0.3, -0.25) is 9.69 Å². The number of aliphatic hydroxyl groups is 1. The van der Waals surface area contributed by atoms with E-state index < -0.39 is 11.6 Å². The van der Waals surface area contributed by atoms with Crippen LogP contribution in [-0.2, 0) is 4.79 Å². The van der Waals surface area contributed by atoms with Gasteiger partial charge in [-0.2, -0.15) is 0 Å². The van der Waals surface area contributed by atoms with Gasteiger partial charge in [-0.15, -0.1) is 0 Å². The number of rotatable bonds is 6. The minimum atomic E-state index is -0.666. The number of nitrogens with zero attached hydrogens (tertiary/aromatic N) is 2. The molecular formula is C24H41N3O2. The van der Waals surface area contributed by atoms with E-state index in [1.165, 1.54) is 64.2 Å². The predicted octanol–water partition coefficient (Wildman–Crippen LogP) is 4.52. The number of nitrogens with two attached hydrogens (primary N) is 1. The average molecular weight is 404 g/mol. The van der Waals surface area contributed by atoms with Gasteiger partial charge in [-0.05, 0) is 43.9 Å². The van der Waals surface area contributed by atoms with E-state index in [9.17, 15) is 9.90 Å². The highest BCUT2D eigenvalue weighted by molar-refractivity contribution is 6.07. The second-order valence-corrected chi connectivity index (χ2v) is 10.3. The van der Waals surface area contributed by atoms with Crippen LogP contribution >= 0.6 is 0 Å². The van der Waals surface area contributed by atoms with Crippen LogP contribution in [0.25, 0.3) is 0 Å². The van der Waals surface area contributed by atoms with Crippen molar-refractivity contribution in [2.75, 3.05) is 0 Å². The molecule has 3 aliphatic carbocycles. The molecule has 3 saturated carbocycles. The van der Waals surface area contributed by atoms with Crippen LogP contribution in [0.1, 0.15) is 109 Å². The van der Waals surface area contributed by atoms with Crippen molar-refractivity contribution < 1.29 is 9.90 Å². The highest BCUT2D eigenvalue weighted by Crippen LogP contribution is 2.42. The molecule has 3 fully saturated rings. The Kier molecular flexibility index (Phi) is 6.83. The summed E-state index contributed by atoms with van der Waals surface area (Å²) in [6.07, 6.45) is 19.0. The van der Waals surface area contributed by atoms with Crippen LogP contribution in [0.4, 0.5) is 0 Å². The molecule has 0 spiro atoms. The highest BCUT2D eigenvalue weighted by atomic mass is 16.3. The zero-order chi connectivity index (χ0) is 20.3. The molecule has 0 bridgehead atoms. The third-order valence-corrected chi connectivity index (χ3v) is 8.26. The third-order valence-electron chi connectivity index (χ3n) is 8.26. The molecule has 0 aromatic rings. The normalized spacial score (nSPS) is 35.1. The van der Waals surface area contributed by atoms with Gasteiger partial charge < -0.3 is 10.8 Å². The molecule has 5 nitrogen and oxygen atoms in total. The maximum atomic E-state index is 13.8. The fourth-order valence-electron chi connectivity index (χ4n) is 6.55. The van der Waals surface area contributed by atoms with Gasteiger partial charge in [0.25, 0.3) is 5.91 Å². The van der Waals surface area contributed by atoms with Crippen molar-refractivity contribution >= 4 is 11.9 Å². The number of guanidine groups is 1. The Morgan fingerprint density at radius 1 is 0.897 bits per heavy atom. The summed E-state index contributed by atoms with van der Waals surface area (Å²) in [7, 11) is 0. The highest BCUT2D eigenvalue weighted by Gasteiger charge is 2.51. The lowest BCUT2D eigenvalue weighted by Crippen LogP contribution is -2.54. The second-order valence-electron chi connectivity index (χ2n) is 10.3. The van der Waals surface area contributed by atoms with Crippen molar-refractivity contribution in [3.63, 3.8) is 0 Å². The van der Waals surface area contributed by atoms with E-state index in [4.69, 9.17) is 10.7 Å². The van der Waals surface area contributed by atoms with Gasteiger partial charge in [0.15, 0.2) is 5.96 Å². The fraction of sp³-hybridized carbons (Fsp3) is 0.917. The van der Waals surface area contributed by atoms with Gasteiger partial charge in [-0.25, -0.2) is 4.99 Å². The summed E-state index contributed by atoms with van der Waals surface area (Å²) in [4.78, 5) is 20.5. The summed E-state index contributed by atoms with van der Waals surface area (Å²) in [5.74, 6) is 1.81. The standard InChI is InChI=1S/C24H41N3O2/c25-23-26-24(17-19-11-5-2-6-12-19,16-15-18-9-3-1-4-10-18)22(29)27(23)20-13-7-8-14-21(20)28/h18-21,28H,1-17H2,(H2,25,26)/t20-,21-,24+/m0/s1. The van der Waals surface area contributed by atoms with Gasteiger partial charge in [-0.1, -0.05) is 77.0 Å². The molecule has 0 aromatic carbocycles. The summed E-state index contributed by atoms with van der Waals surface area (Å²) in [5.41, 5.74) is 5.73. The van der Waals surface area contributed by atoms with Gasteiger partial charge in [0.05, 0.1) is 12.1 Å². The summed E-state index contributed by atoms with van der Waals surface area (Å²) in [6, 6.07) is -0.178. The summed E-state index contributed by atoms with van der Waals surface area (Å²) in [6.45, 7) is 0. The van der Waals surface area contributed by atoms with Gasteiger partial charge in [0.1, 0.15) is 5.54 Å². The minimum Gasteiger partial charge on any atom is -0.391 e. The monoisotopic (exact) mass is 403 g/mol. The van der Waals surface area contributed by atoms with Crippen molar-refractivity contribution in [2.45, 2.75) is 127 Å². The smallest absolute Gasteiger partial charge is 0.257 e. The van der Waals surface area contributed by atoms with Crippen LogP contribution in [0.2, 0.25) is 0 Å². The van der Waals surface area contributed by atoms with Crippen LogP contribution in [0.15, 0.2) is 4.99 Å². The fourth-order valence-corrected chi connectivity index (χ4v) is 6.55. The first-order chi connectivity index (χ1) is 14.1. The quantitative estimate of drug-likeness (QED) is 0.684. The number of aliphatic imine (C=N–C) groups is 1. The molecule has 4 rings (SSSR count). The number of aliphatic hydroxyl groups excluding tert-OH is 1. The van der Waals surface area contributed by atoms with Gasteiger partial charge in [0.2, 0.25) is 0 Å². The summed E-state index contributed by atoms with van der Waals surface area (Å²) < 4.78 is 0. The van der Waals surface area contributed by atoms with Crippen LogP contribution in [0.5, 0.6) is 0 Å². The molecule has 164 valence electrons. The molecule has 1 amide bonds. The zero-order valence-corrected chi connectivity index (χ0v) is 18.2. The number of carbonyl (C=O) groups excluding carboxylic acids is 1. The largest absolute Gasteiger partial charge is 0.391 e. The lowest BCUT2D eigenvalue weighted by atomic mass is 9.75. The maximum Gasteiger partial charge on any atom is 0.257 e. The number of carbonyl (C=O) groups is 1. The predicted molar refractivity (Wildman–Crippen MR) is 116 cm³/mol. The second kappa shape index (κ2) is 9.36. The van der Waals surface area contributed by atoms with E-state index >= 15 is 0 Å². The topological polar surface area (TPSA) is 78.9 Å². The molecule has 1 aliphatic heterocycles. The SMILES string of the molecule is NC1=N[C@](CCC2CCCCC2)(CC2CCCCC2)C(=O)N1[C@H]1CCCC[C@@H]1O. The van der Waals surface area contributed by atoms with Crippen LogP contribution in [0.3, 0.4) is 0 Å². The Morgan fingerprint density at radius 3 is 2.14 bits per heavy atom. The van der Waals surface area contributed by atoms with Crippen molar-refractivity contribution in [3.8, 4) is 0 Å². The molecule has 3 atom stereocenters. The Bertz CT molecular complexity index is 595. The average Bonchev–Trinajstić information content (AvgIpc) is 2.98. The zero-order valence-electron chi connectivity index (χ0n) is 18.2. The van der Waals surface area contributed by atoms with E-state index in [-0.39, 0.29) is 11.9 Å². The first-order valence-corrected chi connectivity index (χ1v) is 12.5. The van der Waals surface area contributed by atoms with Crippen molar-refractivity contribution in [2.24, 2.45) is 22.6 Å². The molecule has 29 heavy (non-hydrogen) atoms. The number of hydrogen-bond acceptors (Lipinski definition) is 4. The summed E-state index contributed by atoms with van der Waals surface area (Å²) >= 11 is 0. The number of amides is 1. The van der Waals surface area contributed by atoms with E-state index in [1.807, 2.05) is 0 Å². The molecular weight excluding hydrogens is 362 g/mol. The molecule has 3 N–H and O–H groups in total. The van der Waals surface area contributed by atoms with Crippen molar-refractivity contribution in [1.29, 1.82) is 0 Å². The molecule has 0 radical (unpaired) electrons. The molecule has 1 heterocycles. The van der Waals surface area contributed by atoms with E-state index in [0.29, 0.717) is 11.9 Å². The van der Waals surface area contributed by atoms with Crippen molar-refractivity contribution in [3.05, 3.63) is 0 Å². The number of hydrogen-bond donors (Lipinski definition) is 2. The molecule has 0 saturated heterocycles. The van der Waals surface area contributed by atoms with E-state index in [0.717, 1.165) is 50.9 Å². The van der Waals surface area contributed by atoms with Gasteiger partial charge >= 0.3 is 0 Å². The van der Waals surface area contributed by atoms with E-state index in [2.05, 4.69) is 0 Å². The molecule has 0 unspecified atom stereocenters. The molecule has 5 heteroatoms. The Morgan fingerprint density at radius 2 is 1.48 bits per heavy atom. The third kappa shape index (κ3) is 4.65. The van der Waals surface area contributed by atoms with Crippen LogP contribution in [0, 0.1) is 11.8 Å². The molecule has 4 aliphatic rings. The Labute approximate surface area is 176 Å². The summed E-state index contributed by atoms with van der Waals surface area (Å²) in [5, 5.41) is 10.6. The maximum absolute atomic E-state index is 13.8. The van der Waals surface area contributed by atoms with Crippen LogP contribution < -0.4 is 5.73 Å². The lowest BCUT2D eigenvalue weighted by Gasteiger charge is -2.37. The Hall–Kier alpha value is -1.10. The van der Waals surface area contributed by atoms with Crippen molar-refractivity contribution in [1.82, 2.24) is 4.90 Å². The first kappa shape index (κ1) is 21.1. The van der Waals surface area contributed by atoms with Crippen LogP contribution in [-0.4, -0.2) is 39.6 Å². The Balaban J connectivity index is 1.52. The lowest BCUT2D eigenvalue weighted by molar-refractivity contribution is -0.136. The van der Waals surface area contributed by atoms with Gasteiger partial charge in [0, 0.05) is 0 Å². The first-order valence-electron chi connectivity index (χ1n) is 12.5.